The van der Waals surface area contributed by atoms with Crippen LogP contribution in [0.3, 0.4) is 0 Å². The van der Waals surface area contributed by atoms with Crippen molar-refractivity contribution in [3.05, 3.63) is 67.3 Å². The maximum absolute atomic E-state index is 13.2. The normalized spacial score (nSPS) is 13.1. The summed E-state index contributed by atoms with van der Waals surface area (Å²) in [6, 6.07) is 7.03. The lowest BCUT2D eigenvalue weighted by atomic mass is 10.0. The van der Waals surface area contributed by atoms with Crippen LogP contribution < -0.4 is 16.6 Å². The van der Waals surface area contributed by atoms with Gasteiger partial charge in [0.05, 0.1) is 0 Å². The second kappa shape index (κ2) is 8.27. The highest BCUT2D eigenvalue weighted by atomic mass is 35.5. The monoisotopic (exact) mass is 429 g/mol. The number of fused-ring (bicyclic) bond motifs is 1. The van der Waals surface area contributed by atoms with Crippen LogP contribution in [0.4, 0.5) is 0 Å². The number of benzene rings is 1. The molecule has 1 aromatic carbocycles. The third-order valence-electron chi connectivity index (χ3n) is 5.04. The number of nitrogens with one attached hydrogen (secondary N) is 1. The number of carbonyl (C=O) groups is 1. The van der Waals surface area contributed by atoms with E-state index in [0.29, 0.717) is 29.6 Å². The van der Waals surface area contributed by atoms with Gasteiger partial charge in [-0.25, -0.2) is 4.79 Å². The summed E-state index contributed by atoms with van der Waals surface area (Å²) in [5.41, 5.74) is 0.577. The molecule has 3 heterocycles. The summed E-state index contributed by atoms with van der Waals surface area (Å²) in [5.74, 6) is 0.00615. The first-order valence-corrected chi connectivity index (χ1v) is 10.00. The summed E-state index contributed by atoms with van der Waals surface area (Å²) in [7, 11) is 0. The second-order valence-corrected chi connectivity index (χ2v) is 7.58. The maximum atomic E-state index is 13.2. The third kappa shape index (κ3) is 3.93. The molecule has 0 bridgehead atoms. The number of hydrogen-bond acceptors (Lipinski definition) is 6. The Morgan fingerprint density at radius 1 is 1.23 bits per heavy atom. The van der Waals surface area contributed by atoms with Crippen LogP contribution in [0.15, 0.2) is 38.4 Å². The lowest BCUT2D eigenvalue weighted by Gasteiger charge is -2.21. The molecule has 156 valence electrons. The van der Waals surface area contributed by atoms with Crippen LogP contribution in [0.5, 0.6) is 0 Å². The molecule has 0 saturated carbocycles. The Morgan fingerprint density at radius 3 is 2.70 bits per heavy atom. The summed E-state index contributed by atoms with van der Waals surface area (Å²) >= 11 is 5.86. The Kier molecular flexibility index (Phi) is 5.54. The van der Waals surface area contributed by atoms with Gasteiger partial charge in [-0.15, -0.1) is 0 Å². The van der Waals surface area contributed by atoms with Gasteiger partial charge in [0.2, 0.25) is 17.6 Å². The van der Waals surface area contributed by atoms with E-state index >= 15 is 0 Å². The molecule has 0 spiro atoms. The van der Waals surface area contributed by atoms with Crippen molar-refractivity contribution >= 4 is 17.5 Å². The number of aryl methyl sites for hydroxylation is 1. The molecule has 1 aliphatic rings. The first-order valence-electron chi connectivity index (χ1n) is 9.62. The molecule has 30 heavy (non-hydrogen) atoms. The molecule has 0 saturated heterocycles. The smallest absolute Gasteiger partial charge is 0.331 e. The summed E-state index contributed by atoms with van der Waals surface area (Å²) < 4.78 is 7.50. The molecule has 0 atom stereocenters. The zero-order chi connectivity index (χ0) is 21.3. The Balaban J connectivity index is 1.66. The first-order chi connectivity index (χ1) is 14.4. The molecule has 2 aromatic heterocycles. The van der Waals surface area contributed by atoms with Crippen molar-refractivity contribution in [1.29, 1.82) is 0 Å². The Morgan fingerprint density at radius 2 is 2.00 bits per heavy atom. The van der Waals surface area contributed by atoms with E-state index in [1.807, 2.05) is 0 Å². The van der Waals surface area contributed by atoms with E-state index < -0.39 is 23.7 Å². The van der Waals surface area contributed by atoms with Crippen LogP contribution in [-0.2, 0) is 30.8 Å². The topological polar surface area (TPSA) is 112 Å². The lowest BCUT2D eigenvalue weighted by Crippen LogP contribution is -2.46. The average Bonchev–Trinajstić information content (AvgIpc) is 3.16. The molecule has 1 aliphatic heterocycles. The van der Waals surface area contributed by atoms with Gasteiger partial charge in [0.25, 0.3) is 5.56 Å². The van der Waals surface area contributed by atoms with Crippen LogP contribution in [0, 0.1) is 6.92 Å². The van der Waals surface area contributed by atoms with Crippen molar-refractivity contribution < 1.29 is 9.32 Å². The van der Waals surface area contributed by atoms with Crippen LogP contribution in [0.1, 0.15) is 30.0 Å². The maximum Gasteiger partial charge on any atom is 0.331 e. The minimum absolute atomic E-state index is 0.137. The number of amides is 1. The molecule has 4 rings (SSSR count). The van der Waals surface area contributed by atoms with Gasteiger partial charge in [-0.1, -0.05) is 28.9 Å². The van der Waals surface area contributed by atoms with Gasteiger partial charge >= 0.3 is 5.69 Å². The number of hydrogen-bond donors (Lipinski definition) is 1. The van der Waals surface area contributed by atoms with Crippen molar-refractivity contribution in [3.63, 3.8) is 0 Å². The zero-order valence-corrected chi connectivity index (χ0v) is 17.1. The third-order valence-corrected chi connectivity index (χ3v) is 5.29. The number of nitrogens with zero attached hydrogens (tertiary/aromatic N) is 4. The second-order valence-electron chi connectivity index (χ2n) is 7.14. The fraction of sp³-hybridized carbons (Fsp3) is 0.350. The summed E-state index contributed by atoms with van der Waals surface area (Å²) in [4.78, 5) is 42.7. The fourth-order valence-electron chi connectivity index (χ4n) is 3.56. The van der Waals surface area contributed by atoms with Gasteiger partial charge in [-0.05, 0) is 37.0 Å². The van der Waals surface area contributed by atoms with Gasteiger partial charge < -0.3 is 9.84 Å². The van der Waals surface area contributed by atoms with Gasteiger partial charge in [-0.2, -0.15) is 4.98 Å². The van der Waals surface area contributed by atoms with E-state index in [1.165, 1.54) is 0 Å². The molecule has 1 amide bonds. The molecule has 0 aliphatic carbocycles. The van der Waals surface area contributed by atoms with E-state index in [4.69, 9.17) is 16.1 Å². The SMILES string of the molecule is Cc1nc(-c2c3n(c(=O)n(CC(=O)NCc4ccc(Cl)cc4)c2=O)CCCC3)no1. The van der Waals surface area contributed by atoms with E-state index in [0.717, 1.165) is 23.0 Å². The van der Waals surface area contributed by atoms with Crippen LogP contribution >= 0.6 is 11.6 Å². The quantitative estimate of drug-likeness (QED) is 0.660. The summed E-state index contributed by atoms with van der Waals surface area (Å²) in [5, 5.41) is 7.19. The highest BCUT2D eigenvalue weighted by Gasteiger charge is 2.26. The van der Waals surface area contributed by atoms with E-state index in [2.05, 4.69) is 15.5 Å². The zero-order valence-electron chi connectivity index (χ0n) is 16.4. The van der Waals surface area contributed by atoms with Gasteiger partial charge in [0.1, 0.15) is 12.1 Å². The van der Waals surface area contributed by atoms with Crippen molar-refractivity contribution in [1.82, 2.24) is 24.6 Å². The van der Waals surface area contributed by atoms with Crippen molar-refractivity contribution in [2.75, 3.05) is 0 Å². The van der Waals surface area contributed by atoms with Crippen LogP contribution in [0.2, 0.25) is 5.02 Å². The Hall–Kier alpha value is -3.20. The number of carbonyl (C=O) groups excluding carboxylic acids is 1. The Bertz CT molecular complexity index is 1210. The van der Waals surface area contributed by atoms with Crippen molar-refractivity contribution in [2.24, 2.45) is 0 Å². The average molecular weight is 430 g/mol. The van der Waals surface area contributed by atoms with Gasteiger partial charge in [-0.3, -0.25) is 18.7 Å². The van der Waals surface area contributed by atoms with Gasteiger partial charge in [0.15, 0.2) is 0 Å². The van der Waals surface area contributed by atoms with E-state index in [-0.39, 0.29) is 17.9 Å². The first kappa shape index (κ1) is 20.1. The minimum atomic E-state index is -0.587. The van der Waals surface area contributed by atoms with E-state index in [1.54, 1.807) is 35.8 Å². The largest absolute Gasteiger partial charge is 0.350 e. The molecule has 3 aromatic rings. The standard InChI is InChI=1S/C20H20ClN5O4/c1-12-23-18(24-30-12)17-15-4-2-3-9-25(15)20(29)26(19(17)28)11-16(27)22-10-13-5-7-14(21)8-6-13/h5-8H,2-4,9-11H2,1H3,(H,22,27). The predicted molar refractivity (Wildman–Crippen MR) is 109 cm³/mol. The summed E-state index contributed by atoms with van der Waals surface area (Å²) in [6.07, 6.45) is 2.24. The molecular formula is C20H20ClN5O4. The number of aromatic nitrogens is 4. The molecule has 0 radical (unpaired) electrons. The molecule has 0 fully saturated rings. The molecule has 1 N–H and O–H groups in total. The molecule has 9 nitrogen and oxygen atoms in total. The predicted octanol–water partition coefficient (Wildman–Crippen LogP) is 1.67. The van der Waals surface area contributed by atoms with Crippen LogP contribution in [0.25, 0.3) is 11.4 Å². The lowest BCUT2D eigenvalue weighted by molar-refractivity contribution is -0.121. The molecule has 0 unspecified atom stereocenters. The van der Waals surface area contributed by atoms with Crippen molar-refractivity contribution in [3.8, 4) is 11.4 Å². The Labute approximate surface area is 176 Å². The molecule has 10 heteroatoms. The highest BCUT2D eigenvalue weighted by molar-refractivity contribution is 6.30. The van der Waals surface area contributed by atoms with Gasteiger partial charge in [0, 0.05) is 30.7 Å². The van der Waals surface area contributed by atoms with Crippen molar-refractivity contribution in [2.45, 2.75) is 45.8 Å². The summed E-state index contributed by atoms with van der Waals surface area (Å²) in [6.45, 7) is 1.97. The van der Waals surface area contributed by atoms with E-state index in [9.17, 15) is 14.4 Å². The minimum Gasteiger partial charge on any atom is -0.350 e. The van der Waals surface area contributed by atoms with Crippen LogP contribution in [-0.4, -0.2) is 25.2 Å². The highest BCUT2D eigenvalue weighted by Crippen LogP contribution is 2.21. The number of halogens is 1. The number of rotatable bonds is 5. The molecular weight excluding hydrogens is 410 g/mol. The fourth-order valence-corrected chi connectivity index (χ4v) is 3.69.